The fourth-order valence-electron chi connectivity index (χ4n) is 3.45. The summed E-state index contributed by atoms with van der Waals surface area (Å²) < 4.78 is 8.20. The maximum Gasteiger partial charge on any atom is 0.257 e. The molecule has 120 valence electrons. The van der Waals surface area contributed by atoms with Gasteiger partial charge in [0.25, 0.3) is 5.91 Å². The normalized spacial score (nSPS) is 24.1. The SMILES string of the molecule is CN1C(=O)c2ccccc2O[C@H]2CN(Cc3nccn3C)C[C@H]21. The summed E-state index contributed by atoms with van der Waals surface area (Å²) in [6.45, 7) is 2.36. The molecule has 1 aromatic heterocycles. The summed E-state index contributed by atoms with van der Waals surface area (Å²) in [5, 5.41) is 0. The van der Waals surface area contributed by atoms with E-state index in [1.165, 1.54) is 0 Å². The van der Waals surface area contributed by atoms with E-state index in [0.717, 1.165) is 25.5 Å². The number of hydrogen-bond donors (Lipinski definition) is 0. The quantitative estimate of drug-likeness (QED) is 0.834. The second-order valence-corrected chi connectivity index (χ2v) is 6.28. The molecule has 6 heteroatoms. The smallest absolute Gasteiger partial charge is 0.257 e. The maximum absolute atomic E-state index is 12.7. The van der Waals surface area contributed by atoms with Crippen LogP contribution in [-0.4, -0.2) is 57.5 Å². The van der Waals surface area contributed by atoms with E-state index in [1.54, 1.807) is 0 Å². The molecule has 1 amide bonds. The van der Waals surface area contributed by atoms with E-state index >= 15 is 0 Å². The second kappa shape index (κ2) is 5.38. The Kier molecular flexibility index (Phi) is 3.34. The largest absolute Gasteiger partial charge is 0.486 e. The lowest BCUT2D eigenvalue weighted by Gasteiger charge is -2.25. The van der Waals surface area contributed by atoms with Gasteiger partial charge in [0.05, 0.1) is 18.2 Å². The highest BCUT2D eigenvalue weighted by Gasteiger charge is 2.42. The van der Waals surface area contributed by atoms with Crippen LogP contribution >= 0.6 is 0 Å². The van der Waals surface area contributed by atoms with E-state index in [-0.39, 0.29) is 18.1 Å². The maximum atomic E-state index is 12.7. The number of aryl methyl sites for hydroxylation is 1. The molecule has 0 unspecified atom stereocenters. The second-order valence-electron chi connectivity index (χ2n) is 6.28. The van der Waals surface area contributed by atoms with Crippen LogP contribution in [0, 0.1) is 0 Å². The minimum Gasteiger partial charge on any atom is -0.486 e. The zero-order valence-corrected chi connectivity index (χ0v) is 13.3. The summed E-state index contributed by atoms with van der Waals surface area (Å²) in [7, 11) is 3.87. The van der Waals surface area contributed by atoms with Crippen LogP contribution in [0.5, 0.6) is 5.75 Å². The molecule has 2 aromatic rings. The molecule has 2 aliphatic rings. The number of para-hydroxylation sites is 1. The number of nitrogens with zero attached hydrogens (tertiary/aromatic N) is 4. The molecule has 0 saturated carbocycles. The van der Waals surface area contributed by atoms with Gasteiger partial charge < -0.3 is 14.2 Å². The molecule has 2 atom stereocenters. The standard InChI is InChI=1S/C17H20N4O2/c1-19-8-7-18-16(19)11-21-9-13-15(10-21)23-14-6-4-3-5-12(14)17(22)20(13)2/h3-8,13,15H,9-11H2,1-2H3/t13-,15+/m1/s1. The van der Waals surface area contributed by atoms with E-state index in [2.05, 4.69) is 9.88 Å². The number of imidazole rings is 1. The van der Waals surface area contributed by atoms with Crippen LogP contribution < -0.4 is 4.74 Å². The average molecular weight is 312 g/mol. The van der Waals surface area contributed by atoms with Gasteiger partial charge in [-0.3, -0.25) is 9.69 Å². The lowest BCUT2D eigenvalue weighted by molar-refractivity contribution is 0.0682. The van der Waals surface area contributed by atoms with Crippen molar-refractivity contribution in [3.05, 3.63) is 48.0 Å². The van der Waals surface area contributed by atoms with E-state index in [0.29, 0.717) is 11.3 Å². The lowest BCUT2D eigenvalue weighted by Crippen LogP contribution is -2.44. The van der Waals surface area contributed by atoms with Crippen molar-refractivity contribution in [3.63, 3.8) is 0 Å². The molecule has 4 rings (SSSR count). The number of aromatic nitrogens is 2. The van der Waals surface area contributed by atoms with Gasteiger partial charge in [-0.25, -0.2) is 4.98 Å². The third kappa shape index (κ3) is 2.39. The number of carbonyl (C=O) groups is 1. The van der Waals surface area contributed by atoms with Gasteiger partial charge in [-0.15, -0.1) is 0 Å². The summed E-state index contributed by atoms with van der Waals surface area (Å²) in [4.78, 5) is 21.2. The number of amides is 1. The van der Waals surface area contributed by atoms with Crippen molar-refractivity contribution in [2.24, 2.45) is 7.05 Å². The number of fused-ring (bicyclic) bond motifs is 2. The molecule has 0 aliphatic carbocycles. The molecular weight excluding hydrogens is 292 g/mol. The Morgan fingerprint density at radius 3 is 2.87 bits per heavy atom. The van der Waals surface area contributed by atoms with Crippen molar-refractivity contribution in [3.8, 4) is 5.75 Å². The topological polar surface area (TPSA) is 50.6 Å². The number of hydrogen-bond acceptors (Lipinski definition) is 4. The Morgan fingerprint density at radius 1 is 1.26 bits per heavy atom. The third-order valence-corrected chi connectivity index (χ3v) is 4.81. The monoisotopic (exact) mass is 312 g/mol. The molecule has 1 saturated heterocycles. The summed E-state index contributed by atoms with van der Waals surface area (Å²) in [5.41, 5.74) is 0.653. The van der Waals surface area contributed by atoms with Gasteiger partial charge in [0.15, 0.2) is 0 Å². The highest BCUT2D eigenvalue weighted by Crippen LogP contribution is 2.30. The molecule has 0 spiro atoms. The first kappa shape index (κ1) is 14.3. The molecule has 2 aliphatic heterocycles. The number of likely N-dealkylation sites (N-methyl/N-ethyl adjacent to an activating group) is 1. The van der Waals surface area contributed by atoms with Gasteiger partial charge in [-0.2, -0.15) is 0 Å². The van der Waals surface area contributed by atoms with Crippen LogP contribution in [0.25, 0.3) is 0 Å². The molecule has 3 heterocycles. The summed E-state index contributed by atoms with van der Waals surface area (Å²) >= 11 is 0. The highest BCUT2D eigenvalue weighted by atomic mass is 16.5. The van der Waals surface area contributed by atoms with Crippen LogP contribution in [0.2, 0.25) is 0 Å². The number of rotatable bonds is 2. The van der Waals surface area contributed by atoms with E-state index in [9.17, 15) is 4.79 Å². The van der Waals surface area contributed by atoms with Crippen molar-refractivity contribution < 1.29 is 9.53 Å². The van der Waals surface area contributed by atoms with Gasteiger partial charge >= 0.3 is 0 Å². The van der Waals surface area contributed by atoms with E-state index < -0.39 is 0 Å². The zero-order chi connectivity index (χ0) is 16.0. The molecule has 6 nitrogen and oxygen atoms in total. The third-order valence-electron chi connectivity index (χ3n) is 4.81. The summed E-state index contributed by atoms with van der Waals surface area (Å²) in [6, 6.07) is 7.57. The van der Waals surface area contributed by atoms with Crippen LogP contribution in [-0.2, 0) is 13.6 Å². The van der Waals surface area contributed by atoms with Gasteiger partial charge in [0.1, 0.15) is 17.7 Å². The lowest BCUT2D eigenvalue weighted by atomic mass is 10.1. The van der Waals surface area contributed by atoms with Gasteiger partial charge in [-0.05, 0) is 12.1 Å². The van der Waals surface area contributed by atoms with Crippen molar-refractivity contribution >= 4 is 5.91 Å². The average Bonchev–Trinajstić information content (AvgIpc) is 3.11. The Morgan fingerprint density at radius 2 is 2.09 bits per heavy atom. The number of carbonyl (C=O) groups excluding carboxylic acids is 1. The first-order valence-electron chi connectivity index (χ1n) is 7.85. The summed E-state index contributed by atoms with van der Waals surface area (Å²) in [5.74, 6) is 1.75. The van der Waals surface area contributed by atoms with E-state index in [4.69, 9.17) is 4.74 Å². The first-order chi connectivity index (χ1) is 11.1. The predicted molar refractivity (Wildman–Crippen MR) is 85.2 cm³/mol. The van der Waals surface area contributed by atoms with Crippen LogP contribution in [0.4, 0.5) is 0 Å². The molecule has 1 aromatic carbocycles. The van der Waals surface area contributed by atoms with Gasteiger partial charge in [-0.1, -0.05) is 12.1 Å². The molecule has 0 radical (unpaired) electrons. The van der Waals surface area contributed by atoms with Crippen LogP contribution in [0.3, 0.4) is 0 Å². The van der Waals surface area contributed by atoms with E-state index in [1.807, 2.05) is 60.2 Å². The fraction of sp³-hybridized carbons (Fsp3) is 0.412. The first-order valence-corrected chi connectivity index (χ1v) is 7.85. The van der Waals surface area contributed by atoms with Crippen molar-refractivity contribution in [1.29, 1.82) is 0 Å². The Hall–Kier alpha value is -2.34. The fourth-order valence-corrected chi connectivity index (χ4v) is 3.45. The van der Waals surface area contributed by atoms with Gasteiger partial charge in [0, 0.05) is 39.6 Å². The van der Waals surface area contributed by atoms with Crippen LogP contribution in [0.1, 0.15) is 16.2 Å². The Balaban J connectivity index is 1.58. The van der Waals surface area contributed by atoms with Crippen molar-refractivity contribution in [2.45, 2.75) is 18.7 Å². The minimum absolute atomic E-state index is 0.00660. The number of ether oxygens (including phenoxy) is 1. The molecule has 0 bridgehead atoms. The van der Waals surface area contributed by atoms with Crippen molar-refractivity contribution in [1.82, 2.24) is 19.4 Å². The van der Waals surface area contributed by atoms with Crippen molar-refractivity contribution in [2.75, 3.05) is 20.1 Å². The predicted octanol–water partition coefficient (Wildman–Crippen LogP) is 1.14. The zero-order valence-electron chi connectivity index (χ0n) is 13.3. The minimum atomic E-state index is -0.00660. The van der Waals surface area contributed by atoms with Gasteiger partial charge in [0.2, 0.25) is 0 Å². The Bertz CT molecular complexity index is 742. The molecule has 23 heavy (non-hydrogen) atoms. The molecule has 1 fully saturated rings. The Labute approximate surface area is 135 Å². The number of likely N-dealkylation sites (tertiary alicyclic amines) is 1. The molecule has 0 N–H and O–H groups in total. The van der Waals surface area contributed by atoms with Crippen LogP contribution in [0.15, 0.2) is 36.7 Å². The number of benzene rings is 1. The summed E-state index contributed by atoms with van der Waals surface area (Å²) in [6.07, 6.45) is 3.76. The highest BCUT2D eigenvalue weighted by molar-refractivity contribution is 5.97. The molecular formula is C17H20N4O2.